The molecule has 0 aliphatic carbocycles. The molecule has 1 aliphatic heterocycles. The zero-order chi connectivity index (χ0) is 14.9. The fourth-order valence-corrected chi connectivity index (χ4v) is 3.66. The van der Waals surface area contributed by atoms with Crippen molar-refractivity contribution in [2.45, 2.75) is 58.0 Å². The monoisotopic (exact) mass is 289 g/mol. The molecule has 3 nitrogen and oxygen atoms in total. The van der Waals surface area contributed by atoms with Crippen molar-refractivity contribution in [3.05, 3.63) is 29.8 Å². The predicted octanol–water partition coefficient (Wildman–Crippen LogP) is 3.96. The van der Waals surface area contributed by atoms with Gasteiger partial charge in [0.25, 0.3) is 0 Å². The van der Waals surface area contributed by atoms with Crippen LogP contribution in [0.2, 0.25) is 0 Å². The van der Waals surface area contributed by atoms with E-state index in [1.54, 1.807) is 12.1 Å². The molecule has 1 aromatic carbocycles. The standard InChI is InChI=1S/C17H24FN3/c1-3-8-17(9-5-10-19-17)16-20-14-7-6-13(18)12-15(14)21(16)11-4-2/h6-7,12,19H,3-5,8-11H2,1-2H3. The van der Waals surface area contributed by atoms with Gasteiger partial charge in [0.2, 0.25) is 0 Å². The quantitative estimate of drug-likeness (QED) is 0.902. The van der Waals surface area contributed by atoms with E-state index in [4.69, 9.17) is 4.98 Å². The van der Waals surface area contributed by atoms with Crippen LogP contribution in [0.3, 0.4) is 0 Å². The molecule has 0 amide bonds. The van der Waals surface area contributed by atoms with Gasteiger partial charge >= 0.3 is 0 Å². The number of nitrogens with one attached hydrogen (secondary N) is 1. The minimum atomic E-state index is -0.185. The molecule has 1 unspecified atom stereocenters. The molecule has 114 valence electrons. The molecule has 1 atom stereocenters. The normalized spacial score (nSPS) is 22.2. The van der Waals surface area contributed by atoms with E-state index < -0.39 is 0 Å². The first-order chi connectivity index (χ1) is 10.2. The number of benzene rings is 1. The van der Waals surface area contributed by atoms with Crippen molar-refractivity contribution in [3.63, 3.8) is 0 Å². The van der Waals surface area contributed by atoms with E-state index in [9.17, 15) is 4.39 Å². The van der Waals surface area contributed by atoms with E-state index in [1.165, 1.54) is 12.5 Å². The van der Waals surface area contributed by atoms with Crippen LogP contribution in [0.25, 0.3) is 11.0 Å². The molecule has 2 heterocycles. The van der Waals surface area contributed by atoms with Gasteiger partial charge in [-0.15, -0.1) is 0 Å². The highest BCUT2D eigenvalue weighted by atomic mass is 19.1. The largest absolute Gasteiger partial charge is 0.326 e. The molecular weight excluding hydrogens is 265 g/mol. The van der Waals surface area contributed by atoms with Gasteiger partial charge in [0.1, 0.15) is 11.6 Å². The van der Waals surface area contributed by atoms with Crippen molar-refractivity contribution in [1.82, 2.24) is 14.9 Å². The average molecular weight is 289 g/mol. The van der Waals surface area contributed by atoms with Gasteiger partial charge < -0.3 is 9.88 Å². The van der Waals surface area contributed by atoms with Crippen molar-refractivity contribution in [2.24, 2.45) is 0 Å². The Bertz CT molecular complexity index is 626. The lowest BCUT2D eigenvalue weighted by Crippen LogP contribution is -2.39. The molecular formula is C17H24FN3. The molecule has 3 rings (SSSR count). The van der Waals surface area contributed by atoms with Crippen molar-refractivity contribution >= 4 is 11.0 Å². The van der Waals surface area contributed by atoms with Crippen LogP contribution in [0.5, 0.6) is 0 Å². The summed E-state index contributed by atoms with van der Waals surface area (Å²) in [6, 6.07) is 4.93. The number of aromatic nitrogens is 2. The number of imidazole rings is 1. The number of halogens is 1. The van der Waals surface area contributed by atoms with Gasteiger partial charge in [-0.1, -0.05) is 20.3 Å². The Balaban J connectivity index is 2.18. The van der Waals surface area contributed by atoms with Crippen LogP contribution in [-0.4, -0.2) is 16.1 Å². The number of nitrogens with zero attached hydrogens (tertiary/aromatic N) is 2. The third-order valence-corrected chi connectivity index (χ3v) is 4.51. The van der Waals surface area contributed by atoms with Gasteiger partial charge in [-0.2, -0.15) is 0 Å². The summed E-state index contributed by atoms with van der Waals surface area (Å²) >= 11 is 0. The van der Waals surface area contributed by atoms with Crippen molar-refractivity contribution < 1.29 is 4.39 Å². The fraction of sp³-hybridized carbons (Fsp3) is 0.588. The van der Waals surface area contributed by atoms with Crippen LogP contribution in [0.15, 0.2) is 18.2 Å². The highest BCUT2D eigenvalue weighted by molar-refractivity contribution is 5.76. The molecule has 1 aliphatic rings. The first-order valence-corrected chi connectivity index (χ1v) is 8.11. The lowest BCUT2D eigenvalue weighted by Gasteiger charge is -2.29. The predicted molar refractivity (Wildman–Crippen MR) is 83.8 cm³/mol. The molecule has 1 aromatic heterocycles. The fourth-order valence-electron chi connectivity index (χ4n) is 3.66. The number of hydrogen-bond donors (Lipinski definition) is 1. The van der Waals surface area contributed by atoms with E-state index >= 15 is 0 Å². The minimum absolute atomic E-state index is 0.0284. The number of aryl methyl sites for hydroxylation is 1. The molecule has 2 aromatic rings. The topological polar surface area (TPSA) is 29.9 Å². The Morgan fingerprint density at radius 1 is 1.33 bits per heavy atom. The summed E-state index contributed by atoms with van der Waals surface area (Å²) in [5.74, 6) is 0.916. The molecule has 0 bridgehead atoms. The summed E-state index contributed by atoms with van der Waals surface area (Å²) in [6.07, 6.45) is 5.54. The molecule has 1 N–H and O–H groups in total. The van der Waals surface area contributed by atoms with Crippen molar-refractivity contribution in [1.29, 1.82) is 0 Å². The Morgan fingerprint density at radius 3 is 2.86 bits per heavy atom. The van der Waals surface area contributed by atoms with Gasteiger partial charge in [0.05, 0.1) is 16.6 Å². The van der Waals surface area contributed by atoms with Gasteiger partial charge in [0, 0.05) is 6.54 Å². The Kier molecular flexibility index (Phi) is 3.98. The zero-order valence-electron chi connectivity index (χ0n) is 13.0. The third kappa shape index (κ3) is 2.46. The second-order valence-corrected chi connectivity index (χ2v) is 6.08. The van der Waals surface area contributed by atoms with Crippen LogP contribution in [0.4, 0.5) is 4.39 Å². The van der Waals surface area contributed by atoms with Crippen molar-refractivity contribution in [3.8, 4) is 0 Å². The smallest absolute Gasteiger partial charge is 0.130 e. The van der Waals surface area contributed by atoms with E-state index in [1.807, 2.05) is 0 Å². The van der Waals surface area contributed by atoms with Gasteiger partial charge in [-0.25, -0.2) is 9.37 Å². The Morgan fingerprint density at radius 2 is 2.19 bits per heavy atom. The number of rotatable bonds is 5. The Labute approximate surface area is 125 Å². The van der Waals surface area contributed by atoms with Crippen LogP contribution >= 0.6 is 0 Å². The third-order valence-electron chi connectivity index (χ3n) is 4.51. The van der Waals surface area contributed by atoms with Crippen molar-refractivity contribution in [2.75, 3.05) is 6.54 Å². The van der Waals surface area contributed by atoms with E-state index in [0.717, 1.165) is 55.6 Å². The van der Waals surface area contributed by atoms with Crippen LogP contribution in [-0.2, 0) is 12.1 Å². The van der Waals surface area contributed by atoms with E-state index in [2.05, 4.69) is 23.7 Å². The van der Waals surface area contributed by atoms with Gasteiger partial charge in [-0.3, -0.25) is 0 Å². The highest BCUT2D eigenvalue weighted by Crippen LogP contribution is 2.36. The first-order valence-electron chi connectivity index (χ1n) is 8.11. The molecule has 0 radical (unpaired) electrons. The zero-order valence-corrected chi connectivity index (χ0v) is 13.0. The summed E-state index contributed by atoms with van der Waals surface area (Å²) in [5.41, 5.74) is 1.81. The molecule has 21 heavy (non-hydrogen) atoms. The maximum atomic E-state index is 13.6. The van der Waals surface area contributed by atoms with Crippen LogP contribution in [0.1, 0.15) is 51.8 Å². The van der Waals surface area contributed by atoms with Crippen LogP contribution in [0, 0.1) is 5.82 Å². The lowest BCUT2D eigenvalue weighted by atomic mass is 9.91. The molecule has 0 spiro atoms. The molecule has 1 fully saturated rings. The molecule has 0 saturated carbocycles. The van der Waals surface area contributed by atoms with Crippen LogP contribution < -0.4 is 5.32 Å². The molecule has 1 saturated heterocycles. The second-order valence-electron chi connectivity index (χ2n) is 6.08. The summed E-state index contributed by atoms with van der Waals surface area (Å²) in [6.45, 7) is 6.31. The number of fused-ring (bicyclic) bond motifs is 1. The highest BCUT2D eigenvalue weighted by Gasteiger charge is 2.38. The number of hydrogen-bond acceptors (Lipinski definition) is 2. The summed E-state index contributed by atoms with van der Waals surface area (Å²) < 4.78 is 15.9. The first kappa shape index (κ1) is 14.5. The van der Waals surface area contributed by atoms with E-state index in [0.29, 0.717) is 0 Å². The molecule has 4 heteroatoms. The maximum Gasteiger partial charge on any atom is 0.130 e. The summed E-state index contributed by atoms with van der Waals surface area (Å²) in [7, 11) is 0. The summed E-state index contributed by atoms with van der Waals surface area (Å²) in [5, 5.41) is 3.68. The van der Waals surface area contributed by atoms with E-state index in [-0.39, 0.29) is 11.4 Å². The van der Waals surface area contributed by atoms with Gasteiger partial charge in [-0.05, 0) is 50.4 Å². The average Bonchev–Trinajstić information content (AvgIpc) is 3.06. The minimum Gasteiger partial charge on any atom is -0.326 e. The van der Waals surface area contributed by atoms with Gasteiger partial charge in [0.15, 0.2) is 0 Å². The lowest BCUT2D eigenvalue weighted by molar-refractivity contribution is 0.322. The Hall–Kier alpha value is -1.42. The maximum absolute atomic E-state index is 13.6. The SMILES string of the molecule is CCCn1c(C2(CCC)CCCN2)nc2ccc(F)cc21. The summed E-state index contributed by atoms with van der Waals surface area (Å²) in [4.78, 5) is 4.88. The second kappa shape index (κ2) is 5.76.